The molecule has 1 fully saturated rings. The van der Waals surface area contributed by atoms with Crippen molar-refractivity contribution >= 4 is 5.96 Å². The number of aliphatic imine (C=N–C) groups is 1. The number of nitrogens with zero attached hydrogens (tertiary/aromatic N) is 1. The van der Waals surface area contributed by atoms with E-state index in [0.717, 1.165) is 62.5 Å². The Kier molecular flexibility index (Phi) is 8.75. The number of hydrogen-bond acceptors (Lipinski definition) is 3. The number of para-hydroxylation sites is 1. The van der Waals surface area contributed by atoms with Gasteiger partial charge in [0.2, 0.25) is 0 Å². The van der Waals surface area contributed by atoms with Gasteiger partial charge in [0.05, 0.1) is 19.3 Å². The van der Waals surface area contributed by atoms with Gasteiger partial charge in [-0.25, -0.2) is 4.99 Å². The first-order valence-electron chi connectivity index (χ1n) is 10.0. The molecule has 0 heterocycles. The van der Waals surface area contributed by atoms with Crippen molar-refractivity contribution in [1.29, 1.82) is 0 Å². The SMILES string of the molecule is CCNC(=NCc1ccccc1OCCC(C)C)NC1CCC(O)CC1. The van der Waals surface area contributed by atoms with Crippen molar-refractivity contribution in [3.8, 4) is 5.75 Å². The van der Waals surface area contributed by atoms with Crippen molar-refractivity contribution in [3.63, 3.8) is 0 Å². The van der Waals surface area contributed by atoms with Crippen LogP contribution in [0.4, 0.5) is 0 Å². The number of hydrogen-bond donors (Lipinski definition) is 3. The molecule has 0 spiro atoms. The predicted octanol–water partition coefficient (Wildman–Crippen LogP) is 3.47. The number of benzene rings is 1. The summed E-state index contributed by atoms with van der Waals surface area (Å²) in [6.07, 6.45) is 4.62. The third-order valence-electron chi connectivity index (χ3n) is 4.71. The van der Waals surface area contributed by atoms with Crippen molar-refractivity contribution < 1.29 is 9.84 Å². The zero-order valence-corrected chi connectivity index (χ0v) is 16.5. The number of rotatable bonds is 8. The van der Waals surface area contributed by atoms with Crippen LogP contribution in [-0.2, 0) is 6.54 Å². The second-order valence-electron chi connectivity index (χ2n) is 7.48. The minimum Gasteiger partial charge on any atom is -0.493 e. The molecule has 1 saturated carbocycles. The molecule has 146 valence electrons. The number of nitrogens with one attached hydrogen (secondary N) is 2. The Bertz CT molecular complexity index is 552. The van der Waals surface area contributed by atoms with Gasteiger partial charge in [-0.2, -0.15) is 0 Å². The highest BCUT2D eigenvalue weighted by Gasteiger charge is 2.20. The number of guanidine groups is 1. The molecule has 0 amide bonds. The van der Waals surface area contributed by atoms with Gasteiger partial charge in [-0.3, -0.25) is 0 Å². The fourth-order valence-electron chi connectivity index (χ4n) is 3.08. The van der Waals surface area contributed by atoms with Gasteiger partial charge in [0.1, 0.15) is 5.75 Å². The minimum atomic E-state index is -0.137. The molecule has 0 bridgehead atoms. The van der Waals surface area contributed by atoms with E-state index < -0.39 is 0 Å². The van der Waals surface area contributed by atoms with E-state index in [-0.39, 0.29) is 6.10 Å². The molecular weight excluding hydrogens is 326 g/mol. The van der Waals surface area contributed by atoms with Crippen molar-refractivity contribution in [1.82, 2.24) is 10.6 Å². The van der Waals surface area contributed by atoms with E-state index in [1.165, 1.54) is 0 Å². The lowest BCUT2D eigenvalue weighted by Crippen LogP contribution is -2.45. The Morgan fingerprint density at radius 1 is 1.23 bits per heavy atom. The van der Waals surface area contributed by atoms with Crippen molar-refractivity contribution in [2.24, 2.45) is 10.9 Å². The van der Waals surface area contributed by atoms with Crippen LogP contribution in [0.15, 0.2) is 29.3 Å². The Hall–Kier alpha value is -1.75. The Labute approximate surface area is 158 Å². The zero-order chi connectivity index (χ0) is 18.8. The minimum absolute atomic E-state index is 0.137. The van der Waals surface area contributed by atoms with Gasteiger partial charge < -0.3 is 20.5 Å². The fourth-order valence-corrected chi connectivity index (χ4v) is 3.08. The largest absolute Gasteiger partial charge is 0.493 e. The molecule has 3 N–H and O–H groups in total. The first-order chi connectivity index (χ1) is 12.6. The lowest BCUT2D eigenvalue weighted by atomic mass is 9.93. The lowest BCUT2D eigenvalue weighted by molar-refractivity contribution is 0.120. The van der Waals surface area contributed by atoms with Crippen molar-refractivity contribution in [2.45, 2.75) is 71.6 Å². The van der Waals surface area contributed by atoms with Crippen LogP contribution in [0.25, 0.3) is 0 Å². The molecule has 5 heteroatoms. The van der Waals surface area contributed by atoms with E-state index in [1.54, 1.807) is 0 Å². The summed E-state index contributed by atoms with van der Waals surface area (Å²) in [5, 5.41) is 16.5. The zero-order valence-electron chi connectivity index (χ0n) is 16.5. The first-order valence-corrected chi connectivity index (χ1v) is 10.0. The van der Waals surface area contributed by atoms with E-state index in [9.17, 15) is 5.11 Å². The van der Waals surface area contributed by atoms with Gasteiger partial charge in [-0.1, -0.05) is 32.0 Å². The van der Waals surface area contributed by atoms with Gasteiger partial charge in [0, 0.05) is 18.2 Å². The molecule has 0 atom stereocenters. The molecule has 0 saturated heterocycles. The highest BCUT2D eigenvalue weighted by Crippen LogP contribution is 2.20. The van der Waals surface area contributed by atoms with E-state index >= 15 is 0 Å². The Morgan fingerprint density at radius 2 is 1.96 bits per heavy atom. The highest BCUT2D eigenvalue weighted by atomic mass is 16.5. The summed E-state index contributed by atoms with van der Waals surface area (Å²) in [6.45, 7) is 8.64. The summed E-state index contributed by atoms with van der Waals surface area (Å²) in [6, 6.07) is 8.52. The average molecular weight is 362 g/mol. The third-order valence-corrected chi connectivity index (χ3v) is 4.71. The molecular formula is C21H35N3O2. The molecule has 1 aliphatic carbocycles. The quantitative estimate of drug-likeness (QED) is 0.490. The summed E-state index contributed by atoms with van der Waals surface area (Å²) in [4.78, 5) is 4.75. The normalized spacial score (nSPS) is 20.9. The molecule has 1 aliphatic rings. The molecule has 5 nitrogen and oxygen atoms in total. The van der Waals surface area contributed by atoms with Gasteiger partial charge in [0.15, 0.2) is 5.96 Å². The molecule has 1 aromatic rings. The number of ether oxygens (including phenoxy) is 1. The first kappa shape index (κ1) is 20.6. The van der Waals surface area contributed by atoms with Gasteiger partial charge in [0.25, 0.3) is 0 Å². The van der Waals surface area contributed by atoms with Gasteiger partial charge in [-0.15, -0.1) is 0 Å². The van der Waals surface area contributed by atoms with E-state index in [0.29, 0.717) is 18.5 Å². The van der Waals surface area contributed by atoms with Crippen LogP contribution in [0.2, 0.25) is 0 Å². The molecule has 0 aromatic heterocycles. The second kappa shape index (κ2) is 11.1. The lowest BCUT2D eigenvalue weighted by Gasteiger charge is -2.27. The Balaban J connectivity index is 1.95. The molecule has 0 radical (unpaired) electrons. The maximum atomic E-state index is 9.66. The number of aliphatic hydroxyl groups excluding tert-OH is 1. The summed E-state index contributed by atoms with van der Waals surface area (Å²) in [5.74, 6) is 2.40. The molecule has 2 rings (SSSR count). The summed E-state index contributed by atoms with van der Waals surface area (Å²) in [7, 11) is 0. The molecule has 26 heavy (non-hydrogen) atoms. The molecule has 0 aliphatic heterocycles. The standard InChI is InChI=1S/C21H35N3O2/c1-4-22-21(24-18-9-11-19(25)12-10-18)23-15-17-7-5-6-8-20(17)26-14-13-16(2)3/h5-8,16,18-19,25H,4,9-15H2,1-3H3,(H2,22,23,24). The molecule has 0 unspecified atom stereocenters. The van der Waals surface area contributed by atoms with Crippen molar-refractivity contribution in [3.05, 3.63) is 29.8 Å². The summed E-state index contributed by atoms with van der Waals surface area (Å²) < 4.78 is 5.96. The smallest absolute Gasteiger partial charge is 0.191 e. The van der Waals surface area contributed by atoms with Crippen LogP contribution in [0.1, 0.15) is 58.4 Å². The van der Waals surface area contributed by atoms with E-state index in [2.05, 4.69) is 37.5 Å². The second-order valence-corrected chi connectivity index (χ2v) is 7.48. The van der Waals surface area contributed by atoms with E-state index in [4.69, 9.17) is 9.73 Å². The van der Waals surface area contributed by atoms with Crippen LogP contribution < -0.4 is 15.4 Å². The maximum absolute atomic E-state index is 9.66. The monoisotopic (exact) mass is 361 g/mol. The van der Waals surface area contributed by atoms with Crippen LogP contribution in [0, 0.1) is 5.92 Å². The summed E-state index contributed by atoms with van der Waals surface area (Å²) in [5.41, 5.74) is 1.10. The average Bonchev–Trinajstić information content (AvgIpc) is 2.62. The van der Waals surface area contributed by atoms with Gasteiger partial charge >= 0.3 is 0 Å². The number of aliphatic hydroxyl groups is 1. The highest BCUT2D eigenvalue weighted by molar-refractivity contribution is 5.80. The summed E-state index contributed by atoms with van der Waals surface area (Å²) >= 11 is 0. The maximum Gasteiger partial charge on any atom is 0.191 e. The molecule has 1 aromatic carbocycles. The topological polar surface area (TPSA) is 65.9 Å². The predicted molar refractivity (Wildman–Crippen MR) is 108 cm³/mol. The fraction of sp³-hybridized carbons (Fsp3) is 0.667. The third kappa shape index (κ3) is 7.24. The van der Waals surface area contributed by atoms with E-state index in [1.807, 2.05) is 18.2 Å². The van der Waals surface area contributed by atoms with Crippen LogP contribution in [0.5, 0.6) is 5.75 Å². The van der Waals surface area contributed by atoms with Crippen LogP contribution in [0.3, 0.4) is 0 Å². The van der Waals surface area contributed by atoms with Gasteiger partial charge in [-0.05, 0) is 51.0 Å². The van der Waals surface area contributed by atoms with Crippen LogP contribution >= 0.6 is 0 Å². The van der Waals surface area contributed by atoms with Crippen LogP contribution in [-0.4, -0.2) is 36.4 Å². The van der Waals surface area contributed by atoms with Crippen molar-refractivity contribution in [2.75, 3.05) is 13.2 Å². The Morgan fingerprint density at radius 3 is 2.65 bits per heavy atom.